The van der Waals surface area contributed by atoms with E-state index in [1.54, 1.807) is 0 Å². The van der Waals surface area contributed by atoms with E-state index in [4.69, 9.17) is 4.74 Å². The number of carbonyl (C=O) groups excluding carboxylic acids is 1. The Kier molecular flexibility index (Phi) is 4.16. The van der Waals surface area contributed by atoms with Crippen LogP contribution in [0.15, 0.2) is 0 Å². The Morgan fingerprint density at radius 2 is 2.30 bits per heavy atom. The Hall–Kier alpha value is -1.21. The third-order valence-corrected chi connectivity index (χ3v) is 4.80. The number of hydrogen-bond acceptors (Lipinski definition) is 6. The van der Waals surface area contributed by atoms with Crippen molar-refractivity contribution in [3.8, 4) is 0 Å². The average molecular weight is 296 g/mol. The van der Waals surface area contributed by atoms with Crippen LogP contribution in [0.3, 0.4) is 0 Å². The molecule has 2 heterocycles. The second-order valence-electron chi connectivity index (χ2n) is 5.20. The summed E-state index contributed by atoms with van der Waals surface area (Å²) in [7, 11) is 0. The van der Waals surface area contributed by atoms with Gasteiger partial charge in [0.1, 0.15) is 0 Å². The summed E-state index contributed by atoms with van der Waals surface area (Å²) < 4.78 is 5.80. The molecule has 1 saturated carbocycles. The predicted molar refractivity (Wildman–Crippen MR) is 77.1 cm³/mol. The molecule has 1 saturated heterocycles. The molecule has 1 aromatic heterocycles. The van der Waals surface area contributed by atoms with E-state index in [-0.39, 0.29) is 18.1 Å². The largest absolute Gasteiger partial charge is 0.374 e. The number of anilines is 1. The first-order valence-electron chi connectivity index (χ1n) is 7.29. The highest BCUT2D eigenvalue weighted by Gasteiger charge is 2.37. The Balaban J connectivity index is 1.74. The molecule has 0 aromatic carbocycles. The average Bonchev–Trinajstić information content (AvgIpc) is 2.95. The lowest BCUT2D eigenvalue weighted by atomic mass is 9.90. The first-order valence-corrected chi connectivity index (χ1v) is 8.11. The molecule has 2 fully saturated rings. The zero-order valence-electron chi connectivity index (χ0n) is 11.7. The highest BCUT2D eigenvalue weighted by molar-refractivity contribution is 7.17. The summed E-state index contributed by atoms with van der Waals surface area (Å²) in [5, 5.41) is 12.3. The van der Waals surface area contributed by atoms with Crippen LogP contribution in [-0.2, 0) is 4.74 Å². The molecule has 1 aromatic rings. The number of ether oxygens (including phenoxy) is 1. The molecule has 20 heavy (non-hydrogen) atoms. The molecule has 2 atom stereocenters. The first kappa shape index (κ1) is 13.8. The standard InChI is InChI=1S/C13H20N4O2S/c1-2-14-13-16-15-11(20-13)12(18)17-7-8-19-10-6-4-3-5-9(10)17/h9-10H,2-8H2,1H3,(H,14,16). The van der Waals surface area contributed by atoms with Gasteiger partial charge in [0.2, 0.25) is 10.1 Å². The fraction of sp³-hybridized carbons (Fsp3) is 0.769. The Bertz CT molecular complexity index is 477. The molecule has 110 valence electrons. The SMILES string of the molecule is CCNc1nnc(C(=O)N2CCOC3CCCCC32)s1. The van der Waals surface area contributed by atoms with Crippen molar-refractivity contribution in [1.29, 1.82) is 0 Å². The maximum absolute atomic E-state index is 12.6. The van der Waals surface area contributed by atoms with Crippen molar-refractivity contribution in [2.45, 2.75) is 44.8 Å². The van der Waals surface area contributed by atoms with Crippen molar-refractivity contribution in [1.82, 2.24) is 15.1 Å². The molecule has 0 spiro atoms. The molecule has 1 N–H and O–H groups in total. The van der Waals surface area contributed by atoms with Crippen molar-refractivity contribution < 1.29 is 9.53 Å². The van der Waals surface area contributed by atoms with E-state index in [0.29, 0.717) is 23.3 Å². The highest BCUT2D eigenvalue weighted by atomic mass is 32.1. The summed E-state index contributed by atoms with van der Waals surface area (Å²) in [5.41, 5.74) is 0. The second-order valence-corrected chi connectivity index (χ2v) is 6.18. The maximum atomic E-state index is 12.6. The minimum atomic E-state index is 0.00635. The van der Waals surface area contributed by atoms with Crippen LogP contribution < -0.4 is 5.32 Å². The quantitative estimate of drug-likeness (QED) is 0.920. The van der Waals surface area contributed by atoms with Gasteiger partial charge in [0.05, 0.1) is 18.8 Å². The van der Waals surface area contributed by atoms with E-state index >= 15 is 0 Å². The first-order chi connectivity index (χ1) is 9.79. The third kappa shape index (κ3) is 2.64. The number of nitrogens with zero attached hydrogens (tertiary/aromatic N) is 3. The molecule has 1 aliphatic carbocycles. The van der Waals surface area contributed by atoms with Crippen LogP contribution in [-0.4, -0.2) is 52.8 Å². The molecule has 7 heteroatoms. The minimum absolute atomic E-state index is 0.00635. The minimum Gasteiger partial charge on any atom is -0.374 e. The summed E-state index contributed by atoms with van der Waals surface area (Å²) in [6, 6.07) is 0.219. The molecular weight excluding hydrogens is 276 g/mol. The summed E-state index contributed by atoms with van der Waals surface area (Å²) in [6.45, 7) is 4.07. The van der Waals surface area contributed by atoms with Gasteiger partial charge in [-0.2, -0.15) is 0 Å². The van der Waals surface area contributed by atoms with Gasteiger partial charge in [0.25, 0.3) is 5.91 Å². The van der Waals surface area contributed by atoms with Crippen LogP contribution in [0, 0.1) is 0 Å². The summed E-state index contributed by atoms with van der Waals surface area (Å²) >= 11 is 1.33. The summed E-state index contributed by atoms with van der Waals surface area (Å²) in [6.07, 6.45) is 4.69. The number of amides is 1. The highest BCUT2D eigenvalue weighted by Crippen LogP contribution is 2.30. The topological polar surface area (TPSA) is 67.4 Å². The number of rotatable bonds is 3. The van der Waals surface area contributed by atoms with E-state index in [0.717, 1.165) is 19.4 Å². The fourth-order valence-electron chi connectivity index (χ4n) is 3.00. The van der Waals surface area contributed by atoms with Crippen molar-refractivity contribution in [2.24, 2.45) is 0 Å². The van der Waals surface area contributed by atoms with Crippen molar-refractivity contribution in [2.75, 3.05) is 25.0 Å². The lowest BCUT2D eigenvalue weighted by Crippen LogP contribution is -2.54. The number of fused-ring (bicyclic) bond motifs is 1. The zero-order chi connectivity index (χ0) is 13.9. The van der Waals surface area contributed by atoms with E-state index < -0.39 is 0 Å². The predicted octanol–water partition coefficient (Wildman–Crippen LogP) is 1.75. The van der Waals surface area contributed by atoms with E-state index in [2.05, 4.69) is 15.5 Å². The summed E-state index contributed by atoms with van der Waals surface area (Å²) in [4.78, 5) is 14.6. The van der Waals surface area contributed by atoms with Gasteiger partial charge < -0.3 is 15.0 Å². The Morgan fingerprint density at radius 1 is 1.45 bits per heavy atom. The molecule has 1 amide bonds. The Labute approximate surface area is 122 Å². The van der Waals surface area contributed by atoms with Gasteiger partial charge in [-0.15, -0.1) is 10.2 Å². The van der Waals surface area contributed by atoms with Crippen molar-refractivity contribution in [3.63, 3.8) is 0 Å². The molecule has 2 aliphatic rings. The number of carbonyl (C=O) groups is 1. The molecule has 3 rings (SSSR count). The van der Waals surface area contributed by atoms with Gasteiger partial charge in [-0.3, -0.25) is 4.79 Å². The molecule has 1 aliphatic heterocycles. The smallest absolute Gasteiger partial charge is 0.285 e. The lowest BCUT2D eigenvalue weighted by Gasteiger charge is -2.43. The number of morpholine rings is 1. The van der Waals surface area contributed by atoms with Gasteiger partial charge in [-0.05, 0) is 19.8 Å². The number of nitrogens with one attached hydrogen (secondary N) is 1. The van der Waals surface area contributed by atoms with Crippen LogP contribution in [0.2, 0.25) is 0 Å². The van der Waals surface area contributed by atoms with Gasteiger partial charge >= 0.3 is 0 Å². The maximum Gasteiger partial charge on any atom is 0.285 e. The molecule has 0 radical (unpaired) electrons. The molecule has 6 nitrogen and oxygen atoms in total. The van der Waals surface area contributed by atoms with Gasteiger partial charge in [0.15, 0.2) is 0 Å². The van der Waals surface area contributed by atoms with E-state index in [9.17, 15) is 4.79 Å². The van der Waals surface area contributed by atoms with Crippen LogP contribution in [0.5, 0.6) is 0 Å². The van der Waals surface area contributed by atoms with Crippen LogP contribution in [0.25, 0.3) is 0 Å². The second kappa shape index (κ2) is 6.05. The van der Waals surface area contributed by atoms with E-state index in [1.165, 1.54) is 24.2 Å². The molecule has 0 bridgehead atoms. The third-order valence-electron chi connectivity index (χ3n) is 3.93. The molecular formula is C13H20N4O2S. The summed E-state index contributed by atoms with van der Waals surface area (Å²) in [5.74, 6) is 0.00635. The number of hydrogen-bond donors (Lipinski definition) is 1. The van der Waals surface area contributed by atoms with Crippen molar-refractivity contribution in [3.05, 3.63) is 5.01 Å². The Morgan fingerprint density at radius 3 is 3.15 bits per heavy atom. The van der Waals surface area contributed by atoms with Gasteiger partial charge in [0, 0.05) is 13.1 Å². The van der Waals surface area contributed by atoms with E-state index in [1.807, 2.05) is 11.8 Å². The monoisotopic (exact) mass is 296 g/mol. The fourth-order valence-corrected chi connectivity index (χ4v) is 3.77. The van der Waals surface area contributed by atoms with Gasteiger partial charge in [-0.25, -0.2) is 0 Å². The number of aromatic nitrogens is 2. The normalized spacial score (nSPS) is 26.1. The van der Waals surface area contributed by atoms with Crippen molar-refractivity contribution >= 4 is 22.4 Å². The van der Waals surface area contributed by atoms with Gasteiger partial charge in [-0.1, -0.05) is 24.2 Å². The van der Waals surface area contributed by atoms with Crippen LogP contribution in [0.1, 0.15) is 42.4 Å². The lowest BCUT2D eigenvalue weighted by molar-refractivity contribution is -0.0753. The van der Waals surface area contributed by atoms with Crippen LogP contribution >= 0.6 is 11.3 Å². The zero-order valence-corrected chi connectivity index (χ0v) is 12.5. The van der Waals surface area contributed by atoms with Crippen LogP contribution in [0.4, 0.5) is 5.13 Å². The molecule has 2 unspecified atom stereocenters.